The molecule has 1 amide bonds. The fourth-order valence-electron chi connectivity index (χ4n) is 3.23. The molecule has 4 rings (SSSR count). The first-order valence-corrected chi connectivity index (χ1v) is 10.6. The summed E-state index contributed by atoms with van der Waals surface area (Å²) in [6, 6.07) is 23.8. The summed E-state index contributed by atoms with van der Waals surface area (Å²) in [5.74, 6) is 1.29. The Bertz CT molecular complexity index is 1140. The van der Waals surface area contributed by atoms with Crippen LogP contribution in [-0.4, -0.2) is 33.5 Å². The molecule has 0 spiro atoms. The first-order valence-electron chi connectivity index (χ1n) is 9.65. The van der Waals surface area contributed by atoms with E-state index in [9.17, 15) is 4.79 Å². The number of hydrogen-bond acceptors (Lipinski definition) is 5. The Morgan fingerprint density at radius 1 is 1.00 bits per heavy atom. The highest BCUT2D eigenvalue weighted by atomic mass is 32.2. The highest BCUT2D eigenvalue weighted by molar-refractivity contribution is 7.99. The molecule has 1 aromatic heterocycles. The van der Waals surface area contributed by atoms with Crippen molar-refractivity contribution in [2.75, 3.05) is 18.2 Å². The van der Waals surface area contributed by atoms with Crippen molar-refractivity contribution < 1.29 is 9.53 Å². The number of carbonyl (C=O) groups is 1. The Labute approximate surface area is 179 Å². The summed E-state index contributed by atoms with van der Waals surface area (Å²) in [4.78, 5) is 12.5. The second-order valence-corrected chi connectivity index (χ2v) is 7.74. The number of nitrogens with zero attached hydrogens (tertiary/aromatic N) is 3. The van der Waals surface area contributed by atoms with E-state index in [0.717, 1.165) is 33.1 Å². The highest BCUT2D eigenvalue weighted by Gasteiger charge is 2.15. The maximum atomic E-state index is 12.5. The van der Waals surface area contributed by atoms with Crippen molar-refractivity contribution in [3.8, 4) is 5.69 Å². The van der Waals surface area contributed by atoms with Crippen LogP contribution < -0.4 is 5.32 Å². The molecule has 0 radical (unpaired) electrons. The van der Waals surface area contributed by atoms with Crippen molar-refractivity contribution in [1.82, 2.24) is 14.8 Å². The fraction of sp³-hybridized carbons (Fsp3) is 0.174. The van der Waals surface area contributed by atoms with Crippen molar-refractivity contribution in [1.29, 1.82) is 0 Å². The molecule has 30 heavy (non-hydrogen) atoms. The molecular weight excluding hydrogens is 396 g/mol. The number of ether oxygens (including phenoxy) is 1. The standard InChI is InChI=1S/C23H22N4O2S/c1-29-16-21-25-26-23(27(21)18-10-3-2-4-11-18)30-15-14-22(28)24-20-13-7-9-17-8-5-6-12-19(17)20/h2-13H,14-16H2,1H3,(H,24,28). The molecule has 0 saturated carbocycles. The normalized spacial score (nSPS) is 11.0. The second kappa shape index (κ2) is 9.56. The molecule has 0 unspecified atom stereocenters. The number of carbonyl (C=O) groups excluding carboxylic acids is 1. The molecule has 4 aromatic rings. The van der Waals surface area contributed by atoms with Crippen LogP contribution in [0.25, 0.3) is 16.5 Å². The van der Waals surface area contributed by atoms with Crippen molar-refractivity contribution in [3.05, 3.63) is 78.6 Å². The predicted octanol–water partition coefficient (Wildman–Crippen LogP) is 4.69. The average Bonchev–Trinajstić information content (AvgIpc) is 3.17. The van der Waals surface area contributed by atoms with Crippen molar-refractivity contribution in [2.45, 2.75) is 18.2 Å². The van der Waals surface area contributed by atoms with Crippen molar-refractivity contribution >= 4 is 34.1 Å². The molecule has 0 atom stereocenters. The third-order valence-corrected chi connectivity index (χ3v) is 5.54. The van der Waals surface area contributed by atoms with Crippen LogP contribution >= 0.6 is 11.8 Å². The minimum absolute atomic E-state index is 0.0262. The fourth-order valence-corrected chi connectivity index (χ4v) is 4.14. The molecule has 0 saturated heterocycles. The summed E-state index contributed by atoms with van der Waals surface area (Å²) in [5.41, 5.74) is 1.80. The zero-order valence-corrected chi connectivity index (χ0v) is 17.4. The minimum atomic E-state index is -0.0262. The molecule has 3 aromatic carbocycles. The van der Waals surface area contributed by atoms with Crippen LogP contribution in [0.15, 0.2) is 78.0 Å². The van der Waals surface area contributed by atoms with E-state index in [1.165, 1.54) is 11.8 Å². The van der Waals surface area contributed by atoms with E-state index in [0.29, 0.717) is 18.8 Å². The molecule has 152 valence electrons. The van der Waals surface area contributed by atoms with Crippen molar-refractivity contribution in [2.24, 2.45) is 0 Å². The monoisotopic (exact) mass is 418 g/mol. The van der Waals surface area contributed by atoms with E-state index < -0.39 is 0 Å². The number of anilines is 1. The lowest BCUT2D eigenvalue weighted by molar-refractivity contribution is -0.115. The van der Waals surface area contributed by atoms with Crippen LogP contribution in [0.3, 0.4) is 0 Å². The van der Waals surface area contributed by atoms with Crippen LogP contribution in [0.2, 0.25) is 0 Å². The van der Waals surface area contributed by atoms with E-state index in [4.69, 9.17) is 4.74 Å². The quantitative estimate of drug-likeness (QED) is 0.421. The van der Waals surface area contributed by atoms with Crippen LogP contribution in [0.4, 0.5) is 5.69 Å². The number of nitrogens with one attached hydrogen (secondary N) is 1. The van der Waals surface area contributed by atoms with Gasteiger partial charge in [0.25, 0.3) is 0 Å². The zero-order chi connectivity index (χ0) is 20.8. The number of fused-ring (bicyclic) bond motifs is 1. The maximum Gasteiger partial charge on any atom is 0.225 e. The first-order chi connectivity index (χ1) is 14.8. The lowest BCUT2D eigenvalue weighted by Crippen LogP contribution is -2.12. The van der Waals surface area contributed by atoms with Gasteiger partial charge in [0.05, 0.1) is 0 Å². The van der Waals surface area contributed by atoms with Gasteiger partial charge < -0.3 is 10.1 Å². The summed E-state index contributed by atoms with van der Waals surface area (Å²) in [5, 5.41) is 14.5. The lowest BCUT2D eigenvalue weighted by Gasteiger charge is -2.10. The molecule has 7 heteroatoms. The van der Waals surface area contributed by atoms with Crippen LogP contribution in [0, 0.1) is 0 Å². The van der Waals surface area contributed by atoms with Gasteiger partial charge in [0.2, 0.25) is 5.91 Å². The van der Waals surface area contributed by atoms with E-state index in [-0.39, 0.29) is 5.91 Å². The molecule has 0 fully saturated rings. The number of aromatic nitrogens is 3. The van der Waals surface area contributed by atoms with Gasteiger partial charge in [-0.2, -0.15) is 0 Å². The zero-order valence-electron chi connectivity index (χ0n) is 16.6. The molecule has 0 aliphatic heterocycles. The molecule has 1 heterocycles. The van der Waals surface area contributed by atoms with E-state index in [2.05, 4.69) is 15.5 Å². The van der Waals surface area contributed by atoms with Gasteiger partial charge in [-0.15, -0.1) is 10.2 Å². The van der Waals surface area contributed by atoms with Crippen LogP contribution in [-0.2, 0) is 16.1 Å². The van der Waals surface area contributed by atoms with Gasteiger partial charge >= 0.3 is 0 Å². The van der Waals surface area contributed by atoms with Crippen LogP contribution in [0.5, 0.6) is 0 Å². The molecule has 6 nitrogen and oxygen atoms in total. The van der Waals surface area contributed by atoms with Gasteiger partial charge in [-0.1, -0.05) is 66.4 Å². The number of amides is 1. The Hall–Kier alpha value is -3.16. The summed E-state index contributed by atoms with van der Waals surface area (Å²) < 4.78 is 7.22. The Kier molecular flexibility index (Phi) is 6.41. The largest absolute Gasteiger partial charge is 0.377 e. The van der Waals surface area contributed by atoms with Gasteiger partial charge in [0.15, 0.2) is 11.0 Å². The predicted molar refractivity (Wildman–Crippen MR) is 120 cm³/mol. The summed E-state index contributed by atoms with van der Waals surface area (Å²) in [6.07, 6.45) is 0.370. The summed E-state index contributed by atoms with van der Waals surface area (Å²) in [6.45, 7) is 0.365. The Morgan fingerprint density at radius 2 is 1.77 bits per heavy atom. The molecular formula is C23H22N4O2S. The van der Waals surface area contributed by atoms with E-state index in [1.807, 2.05) is 77.4 Å². The molecule has 0 bridgehead atoms. The highest BCUT2D eigenvalue weighted by Crippen LogP contribution is 2.25. The number of thioether (sulfide) groups is 1. The Balaban J connectivity index is 1.42. The number of hydrogen-bond donors (Lipinski definition) is 1. The topological polar surface area (TPSA) is 69.0 Å². The van der Waals surface area contributed by atoms with Gasteiger partial charge in [-0.25, -0.2) is 0 Å². The van der Waals surface area contributed by atoms with Crippen molar-refractivity contribution in [3.63, 3.8) is 0 Å². The first kappa shape index (κ1) is 20.1. The smallest absolute Gasteiger partial charge is 0.225 e. The number of para-hydroxylation sites is 1. The Morgan fingerprint density at radius 3 is 2.60 bits per heavy atom. The van der Waals surface area contributed by atoms with Gasteiger partial charge in [0.1, 0.15) is 6.61 Å². The summed E-state index contributed by atoms with van der Waals surface area (Å²) >= 11 is 1.50. The van der Waals surface area contributed by atoms with E-state index in [1.54, 1.807) is 7.11 Å². The molecule has 0 aliphatic rings. The summed E-state index contributed by atoms with van der Waals surface area (Å²) in [7, 11) is 1.63. The second-order valence-electron chi connectivity index (χ2n) is 6.68. The SMILES string of the molecule is COCc1nnc(SCCC(=O)Nc2cccc3ccccc23)n1-c1ccccc1. The van der Waals surface area contributed by atoms with E-state index >= 15 is 0 Å². The lowest BCUT2D eigenvalue weighted by atomic mass is 10.1. The number of methoxy groups -OCH3 is 1. The number of rotatable bonds is 8. The maximum absolute atomic E-state index is 12.5. The number of benzene rings is 3. The minimum Gasteiger partial charge on any atom is -0.377 e. The molecule has 1 N–H and O–H groups in total. The van der Waals surface area contributed by atoms with Crippen LogP contribution in [0.1, 0.15) is 12.2 Å². The van der Waals surface area contributed by atoms with Gasteiger partial charge in [-0.3, -0.25) is 9.36 Å². The van der Waals surface area contributed by atoms with Gasteiger partial charge in [0, 0.05) is 36.0 Å². The third-order valence-electron chi connectivity index (χ3n) is 4.61. The third kappa shape index (κ3) is 4.53. The van der Waals surface area contributed by atoms with Gasteiger partial charge in [-0.05, 0) is 23.6 Å². The molecule has 0 aliphatic carbocycles. The average molecular weight is 419 g/mol.